The molecule has 0 radical (unpaired) electrons. The fourth-order valence-corrected chi connectivity index (χ4v) is 2.64. The van der Waals surface area contributed by atoms with Crippen LogP contribution in [0.1, 0.15) is 32.6 Å². The Morgan fingerprint density at radius 3 is 1.91 bits per heavy atom. The zero-order chi connectivity index (χ0) is 17.0. The van der Waals surface area contributed by atoms with Crippen LogP contribution in [0, 0.1) is 20.8 Å². The number of benzene rings is 2. The molecule has 0 aliphatic rings. The van der Waals surface area contributed by atoms with Crippen LogP contribution in [-0.4, -0.2) is 20.0 Å². The first-order valence-corrected chi connectivity index (χ1v) is 7.49. The molecule has 0 bridgehead atoms. The van der Waals surface area contributed by atoms with Crippen molar-refractivity contribution in [1.82, 2.24) is 0 Å². The highest BCUT2D eigenvalue weighted by molar-refractivity contribution is 6.11. The van der Waals surface area contributed by atoms with Crippen LogP contribution >= 0.6 is 0 Å². The molecule has 3 nitrogen and oxygen atoms in total. The molecule has 0 saturated carbocycles. The van der Waals surface area contributed by atoms with E-state index < -0.39 is 0 Å². The summed E-state index contributed by atoms with van der Waals surface area (Å²) in [5.74, 6) is 0.989. The number of carbonyl (C=O) groups excluding carboxylic acids is 1. The minimum absolute atomic E-state index is 0.133. The second-order valence-corrected chi connectivity index (χ2v) is 5.56. The monoisotopic (exact) mass is 310 g/mol. The van der Waals surface area contributed by atoms with Gasteiger partial charge in [-0.3, -0.25) is 4.79 Å². The minimum Gasteiger partial charge on any atom is -0.496 e. The van der Waals surface area contributed by atoms with Gasteiger partial charge in [-0.2, -0.15) is 0 Å². The van der Waals surface area contributed by atoms with Crippen LogP contribution in [0.2, 0.25) is 0 Å². The Balaban J connectivity index is 2.44. The number of methoxy groups -OCH3 is 2. The zero-order valence-electron chi connectivity index (χ0n) is 14.3. The average molecular weight is 310 g/mol. The van der Waals surface area contributed by atoms with E-state index in [-0.39, 0.29) is 5.78 Å². The van der Waals surface area contributed by atoms with E-state index in [2.05, 4.69) is 0 Å². The number of hydrogen-bond acceptors (Lipinski definition) is 3. The second kappa shape index (κ2) is 7.14. The molecule has 2 aromatic carbocycles. The zero-order valence-corrected chi connectivity index (χ0v) is 14.3. The van der Waals surface area contributed by atoms with Crippen LogP contribution in [0.3, 0.4) is 0 Å². The molecule has 0 aliphatic carbocycles. The number of hydrogen-bond donors (Lipinski definition) is 0. The quantitative estimate of drug-likeness (QED) is 0.601. The van der Waals surface area contributed by atoms with Crippen molar-refractivity contribution in [2.24, 2.45) is 0 Å². The number of carbonyl (C=O) groups is 1. The van der Waals surface area contributed by atoms with Crippen molar-refractivity contribution in [2.45, 2.75) is 20.8 Å². The van der Waals surface area contributed by atoms with E-state index in [0.717, 1.165) is 16.7 Å². The van der Waals surface area contributed by atoms with Crippen molar-refractivity contribution in [1.29, 1.82) is 0 Å². The van der Waals surface area contributed by atoms with Crippen LogP contribution in [0.5, 0.6) is 11.5 Å². The number of rotatable bonds is 5. The van der Waals surface area contributed by atoms with Gasteiger partial charge in [0.05, 0.1) is 14.2 Å². The summed E-state index contributed by atoms with van der Waals surface area (Å²) < 4.78 is 10.9. The van der Waals surface area contributed by atoms with Gasteiger partial charge in [-0.1, -0.05) is 35.9 Å². The maximum absolute atomic E-state index is 12.7. The third-order valence-electron chi connectivity index (χ3n) is 3.76. The third-order valence-corrected chi connectivity index (χ3v) is 3.76. The largest absolute Gasteiger partial charge is 0.496 e. The highest BCUT2D eigenvalue weighted by atomic mass is 16.5. The Hall–Kier alpha value is -2.55. The van der Waals surface area contributed by atoms with Gasteiger partial charge in [0.25, 0.3) is 0 Å². The fourth-order valence-electron chi connectivity index (χ4n) is 2.64. The number of allylic oxidation sites excluding steroid dienone is 1. The Bertz CT molecular complexity index is 712. The molecule has 2 aromatic rings. The van der Waals surface area contributed by atoms with E-state index in [1.54, 1.807) is 26.4 Å². The van der Waals surface area contributed by atoms with Gasteiger partial charge in [0.15, 0.2) is 5.78 Å². The Kier molecular flexibility index (Phi) is 5.22. The molecular formula is C20H22O3. The van der Waals surface area contributed by atoms with Gasteiger partial charge in [0.1, 0.15) is 17.1 Å². The van der Waals surface area contributed by atoms with Gasteiger partial charge in [0.2, 0.25) is 0 Å². The van der Waals surface area contributed by atoms with Crippen molar-refractivity contribution in [3.63, 3.8) is 0 Å². The lowest BCUT2D eigenvalue weighted by Gasteiger charge is -2.16. The van der Waals surface area contributed by atoms with Gasteiger partial charge in [-0.15, -0.1) is 0 Å². The third kappa shape index (κ3) is 3.62. The minimum atomic E-state index is -0.133. The highest BCUT2D eigenvalue weighted by Crippen LogP contribution is 2.35. The predicted octanol–water partition coefficient (Wildman–Crippen LogP) is 4.53. The molecule has 0 amide bonds. The Morgan fingerprint density at radius 1 is 0.913 bits per heavy atom. The first-order chi connectivity index (χ1) is 11.0. The fraction of sp³-hybridized carbons (Fsp3) is 0.250. The van der Waals surface area contributed by atoms with Crippen molar-refractivity contribution < 1.29 is 14.3 Å². The number of ether oxygens (including phenoxy) is 2. The maximum atomic E-state index is 12.7. The normalized spacial score (nSPS) is 10.8. The average Bonchev–Trinajstić information content (AvgIpc) is 2.53. The summed E-state index contributed by atoms with van der Waals surface area (Å²) in [6.07, 6.45) is 3.36. The second-order valence-electron chi connectivity index (χ2n) is 5.56. The molecule has 23 heavy (non-hydrogen) atoms. The molecule has 0 aromatic heterocycles. The van der Waals surface area contributed by atoms with Crippen molar-refractivity contribution in [3.8, 4) is 11.5 Å². The molecule has 0 atom stereocenters. The van der Waals surface area contributed by atoms with Crippen molar-refractivity contribution in [2.75, 3.05) is 14.2 Å². The standard InChI is InChI=1S/C20H22O3/c1-13-6-8-16(9-7-13)10-11-17(21)18-19(22-4)14(2)12-15(3)20(18)23-5/h6-12H,1-5H3/b11-10+. The Morgan fingerprint density at radius 2 is 1.43 bits per heavy atom. The molecule has 0 unspecified atom stereocenters. The maximum Gasteiger partial charge on any atom is 0.193 e. The van der Waals surface area contributed by atoms with E-state index in [0.29, 0.717) is 17.1 Å². The lowest BCUT2D eigenvalue weighted by atomic mass is 9.99. The van der Waals surface area contributed by atoms with Crippen LogP contribution < -0.4 is 9.47 Å². The summed E-state index contributed by atoms with van der Waals surface area (Å²) in [6, 6.07) is 9.95. The lowest BCUT2D eigenvalue weighted by molar-refractivity contribution is 0.104. The molecule has 0 saturated heterocycles. The van der Waals surface area contributed by atoms with Crippen LogP contribution in [0.25, 0.3) is 6.08 Å². The molecule has 0 heterocycles. The summed E-state index contributed by atoms with van der Waals surface area (Å²) in [6.45, 7) is 5.88. The first kappa shape index (κ1) is 16.8. The molecule has 0 spiro atoms. The van der Waals surface area contributed by atoms with E-state index in [4.69, 9.17) is 9.47 Å². The van der Waals surface area contributed by atoms with E-state index in [9.17, 15) is 4.79 Å². The van der Waals surface area contributed by atoms with E-state index in [1.165, 1.54) is 5.56 Å². The molecule has 2 rings (SSSR count). The SMILES string of the molecule is COc1c(C)cc(C)c(OC)c1C(=O)/C=C/c1ccc(C)cc1. The highest BCUT2D eigenvalue weighted by Gasteiger charge is 2.20. The van der Waals surface area contributed by atoms with Crippen LogP contribution in [0.4, 0.5) is 0 Å². The van der Waals surface area contributed by atoms with Gasteiger partial charge in [-0.25, -0.2) is 0 Å². The number of aryl methyl sites for hydroxylation is 3. The lowest BCUT2D eigenvalue weighted by Crippen LogP contribution is -2.06. The summed E-state index contributed by atoms with van der Waals surface area (Å²) in [7, 11) is 3.13. The van der Waals surface area contributed by atoms with Gasteiger partial charge in [-0.05, 0) is 49.6 Å². The molecule has 0 N–H and O–H groups in total. The number of ketones is 1. The molecule has 0 fully saturated rings. The van der Waals surface area contributed by atoms with Crippen molar-refractivity contribution in [3.05, 3.63) is 64.2 Å². The van der Waals surface area contributed by atoms with Crippen molar-refractivity contribution >= 4 is 11.9 Å². The predicted molar refractivity (Wildman–Crippen MR) is 93.6 cm³/mol. The molecular weight excluding hydrogens is 288 g/mol. The molecule has 3 heteroatoms. The van der Waals surface area contributed by atoms with Gasteiger partial charge < -0.3 is 9.47 Å². The van der Waals surface area contributed by atoms with Crippen LogP contribution in [0.15, 0.2) is 36.4 Å². The van der Waals surface area contributed by atoms with E-state index >= 15 is 0 Å². The first-order valence-electron chi connectivity index (χ1n) is 7.49. The van der Waals surface area contributed by atoms with Crippen LogP contribution in [-0.2, 0) is 0 Å². The smallest absolute Gasteiger partial charge is 0.193 e. The molecule has 120 valence electrons. The summed E-state index contributed by atoms with van der Waals surface area (Å²) in [5, 5.41) is 0. The topological polar surface area (TPSA) is 35.5 Å². The summed E-state index contributed by atoms with van der Waals surface area (Å²) in [5.41, 5.74) is 4.46. The van der Waals surface area contributed by atoms with Gasteiger partial charge in [0, 0.05) is 0 Å². The van der Waals surface area contributed by atoms with E-state index in [1.807, 2.05) is 51.1 Å². The summed E-state index contributed by atoms with van der Waals surface area (Å²) in [4.78, 5) is 12.7. The summed E-state index contributed by atoms with van der Waals surface area (Å²) >= 11 is 0. The Labute approximate surface area is 137 Å². The van der Waals surface area contributed by atoms with Gasteiger partial charge >= 0.3 is 0 Å². The molecule has 0 aliphatic heterocycles.